The van der Waals surface area contributed by atoms with Crippen LogP contribution in [0.2, 0.25) is 5.02 Å². The summed E-state index contributed by atoms with van der Waals surface area (Å²) in [5.74, 6) is 0.248. The van der Waals surface area contributed by atoms with Crippen molar-refractivity contribution in [3.63, 3.8) is 0 Å². The third kappa shape index (κ3) is 6.36. The minimum Gasteiger partial charge on any atom is -0.484 e. The van der Waals surface area contributed by atoms with E-state index >= 15 is 0 Å². The van der Waals surface area contributed by atoms with Crippen molar-refractivity contribution in [3.8, 4) is 5.75 Å². The third-order valence-electron chi connectivity index (χ3n) is 2.83. The van der Waals surface area contributed by atoms with Gasteiger partial charge in [0.05, 0.1) is 6.21 Å². The summed E-state index contributed by atoms with van der Waals surface area (Å²) in [5, 5.41) is 4.52. The SMILES string of the molecule is CC(/C=N\NC(=O)COc1ccc(Cl)cc1)=C/c1ccccc1. The van der Waals surface area contributed by atoms with Gasteiger partial charge in [-0.3, -0.25) is 4.79 Å². The average molecular weight is 329 g/mol. The number of carbonyl (C=O) groups excluding carboxylic acids is 1. The van der Waals surface area contributed by atoms with Gasteiger partial charge in [-0.1, -0.05) is 48.0 Å². The van der Waals surface area contributed by atoms with Crippen molar-refractivity contribution in [3.05, 3.63) is 70.8 Å². The topological polar surface area (TPSA) is 50.7 Å². The number of allylic oxidation sites excluding steroid dienone is 1. The quantitative estimate of drug-likeness (QED) is 0.645. The molecule has 118 valence electrons. The molecule has 0 aliphatic carbocycles. The third-order valence-corrected chi connectivity index (χ3v) is 3.09. The fourth-order valence-corrected chi connectivity index (χ4v) is 1.89. The maximum absolute atomic E-state index is 11.6. The van der Waals surface area contributed by atoms with Gasteiger partial charge < -0.3 is 4.74 Å². The average Bonchev–Trinajstić information content (AvgIpc) is 2.55. The number of hydrogen-bond donors (Lipinski definition) is 1. The molecule has 0 fully saturated rings. The highest BCUT2D eigenvalue weighted by molar-refractivity contribution is 6.30. The summed E-state index contributed by atoms with van der Waals surface area (Å²) in [6.45, 7) is 1.80. The molecular weight excluding hydrogens is 312 g/mol. The minimum absolute atomic E-state index is 0.111. The lowest BCUT2D eigenvalue weighted by atomic mass is 10.1. The molecule has 0 atom stereocenters. The molecule has 5 heteroatoms. The largest absolute Gasteiger partial charge is 0.484 e. The number of hydrogen-bond acceptors (Lipinski definition) is 3. The number of carbonyl (C=O) groups is 1. The molecule has 0 saturated heterocycles. The number of rotatable bonds is 6. The van der Waals surface area contributed by atoms with Crippen LogP contribution in [-0.4, -0.2) is 18.7 Å². The van der Waals surface area contributed by atoms with Crippen LogP contribution in [0.25, 0.3) is 6.08 Å². The van der Waals surface area contributed by atoms with Crippen LogP contribution in [0.5, 0.6) is 5.75 Å². The second-order valence-corrected chi connectivity index (χ2v) is 5.27. The van der Waals surface area contributed by atoms with Crippen LogP contribution in [0, 0.1) is 0 Å². The van der Waals surface area contributed by atoms with Crippen LogP contribution in [0.3, 0.4) is 0 Å². The Hall–Kier alpha value is -2.59. The monoisotopic (exact) mass is 328 g/mol. The van der Waals surface area contributed by atoms with Gasteiger partial charge in [-0.05, 0) is 42.3 Å². The number of benzene rings is 2. The van der Waals surface area contributed by atoms with E-state index in [1.165, 1.54) is 0 Å². The Morgan fingerprint density at radius 1 is 1.17 bits per heavy atom. The summed E-state index contributed by atoms with van der Waals surface area (Å²) < 4.78 is 5.32. The van der Waals surface area contributed by atoms with Crippen molar-refractivity contribution in [1.29, 1.82) is 0 Å². The Kier molecular flexibility index (Phi) is 6.39. The van der Waals surface area contributed by atoms with Crippen LogP contribution < -0.4 is 10.2 Å². The zero-order chi connectivity index (χ0) is 16.5. The Balaban J connectivity index is 1.77. The van der Waals surface area contributed by atoms with Crippen molar-refractivity contribution >= 4 is 29.8 Å². The van der Waals surface area contributed by atoms with Crippen LogP contribution in [0.1, 0.15) is 12.5 Å². The normalized spacial score (nSPS) is 11.5. The number of halogens is 1. The molecule has 0 aliphatic rings. The molecule has 0 bridgehead atoms. The van der Waals surface area contributed by atoms with Gasteiger partial charge in [0, 0.05) is 5.02 Å². The van der Waals surface area contributed by atoms with Gasteiger partial charge >= 0.3 is 0 Å². The molecule has 0 spiro atoms. The van der Waals surface area contributed by atoms with Gasteiger partial charge in [0.15, 0.2) is 6.61 Å². The van der Waals surface area contributed by atoms with Gasteiger partial charge in [-0.2, -0.15) is 5.10 Å². The summed E-state index contributed by atoms with van der Waals surface area (Å²) in [6.07, 6.45) is 3.56. The van der Waals surface area contributed by atoms with Crippen LogP contribution in [-0.2, 0) is 4.79 Å². The molecule has 0 saturated carbocycles. The maximum atomic E-state index is 11.6. The highest BCUT2D eigenvalue weighted by Gasteiger charge is 2.01. The number of hydrazone groups is 1. The first-order valence-corrected chi connectivity index (χ1v) is 7.45. The number of nitrogens with zero attached hydrogens (tertiary/aromatic N) is 1. The van der Waals surface area contributed by atoms with E-state index in [1.54, 1.807) is 30.5 Å². The minimum atomic E-state index is -0.330. The zero-order valence-corrected chi connectivity index (χ0v) is 13.5. The van der Waals surface area contributed by atoms with E-state index in [0.29, 0.717) is 10.8 Å². The highest BCUT2D eigenvalue weighted by Crippen LogP contribution is 2.15. The summed E-state index contributed by atoms with van der Waals surface area (Å²) in [6, 6.07) is 16.7. The van der Waals surface area contributed by atoms with E-state index in [2.05, 4.69) is 10.5 Å². The van der Waals surface area contributed by atoms with Gasteiger partial charge in [0.1, 0.15) is 5.75 Å². The predicted molar refractivity (Wildman–Crippen MR) is 93.7 cm³/mol. The van der Waals surface area contributed by atoms with Gasteiger partial charge in [-0.25, -0.2) is 5.43 Å². The summed E-state index contributed by atoms with van der Waals surface area (Å²) >= 11 is 5.77. The van der Waals surface area contributed by atoms with E-state index in [-0.39, 0.29) is 12.5 Å². The second-order valence-electron chi connectivity index (χ2n) is 4.83. The zero-order valence-electron chi connectivity index (χ0n) is 12.7. The van der Waals surface area contributed by atoms with E-state index in [1.807, 2.05) is 43.3 Å². The number of amides is 1. The van der Waals surface area contributed by atoms with Crippen molar-refractivity contribution < 1.29 is 9.53 Å². The molecule has 1 N–H and O–H groups in total. The molecule has 2 rings (SSSR count). The van der Waals surface area contributed by atoms with E-state index in [4.69, 9.17) is 16.3 Å². The van der Waals surface area contributed by atoms with E-state index in [0.717, 1.165) is 11.1 Å². The van der Waals surface area contributed by atoms with Gasteiger partial charge in [0.2, 0.25) is 0 Å². The fourth-order valence-electron chi connectivity index (χ4n) is 1.77. The summed E-state index contributed by atoms with van der Waals surface area (Å²) in [7, 11) is 0. The number of nitrogens with one attached hydrogen (secondary N) is 1. The molecule has 1 amide bonds. The lowest BCUT2D eigenvalue weighted by Crippen LogP contribution is -2.24. The van der Waals surface area contributed by atoms with Crippen molar-refractivity contribution in [1.82, 2.24) is 5.43 Å². The first kappa shape index (κ1) is 16.8. The van der Waals surface area contributed by atoms with Crippen molar-refractivity contribution in [2.24, 2.45) is 5.10 Å². The molecule has 0 aliphatic heterocycles. The number of ether oxygens (including phenoxy) is 1. The smallest absolute Gasteiger partial charge is 0.277 e. The molecule has 0 unspecified atom stereocenters. The van der Waals surface area contributed by atoms with Gasteiger partial charge in [0.25, 0.3) is 5.91 Å². The Morgan fingerprint density at radius 3 is 2.57 bits per heavy atom. The van der Waals surface area contributed by atoms with Crippen LogP contribution in [0.4, 0.5) is 0 Å². The van der Waals surface area contributed by atoms with Crippen LogP contribution in [0.15, 0.2) is 65.3 Å². The first-order valence-electron chi connectivity index (χ1n) is 7.07. The van der Waals surface area contributed by atoms with E-state index in [9.17, 15) is 4.79 Å². The van der Waals surface area contributed by atoms with Gasteiger partial charge in [-0.15, -0.1) is 0 Å². The molecule has 4 nitrogen and oxygen atoms in total. The molecule has 2 aromatic carbocycles. The standard InChI is InChI=1S/C18H17ClN2O2/c1-14(11-15-5-3-2-4-6-15)12-20-21-18(22)13-23-17-9-7-16(19)8-10-17/h2-12H,13H2,1H3,(H,21,22)/b14-11-,20-12-. The first-order chi connectivity index (χ1) is 11.1. The molecule has 23 heavy (non-hydrogen) atoms. The molecule has 0 heterocycles. The van der Waals surface area contributed by atoms with Crippen LogP contribution >= 0.6 is 11.6 Å². The second kappa shape index (κ2) is 8.76. The molecular formula is C18H17ClN2O2. The lowest BCUT2D eigenvalue weighted by Gasteiger charge is -2.04. The summed E-state index contributed by atoms with van der Waals surface area (Å²) in [5.41, 5.74) is 4.42. The Bertz CT molecular complexity index is 695. The van der Waals surface area contributed by atoms with Crippen molar-refractivity contribution in [2.45, 2.75) is 6.92 Å². The fraction of sp³-hybridized carbons (Fsp3) is 0.111. The van der Waals surface area contributed by atoms with E-state index < -0.39 is 0 Å². The molecule has 2 aromatic rings. The maximum Gasteiger partial charge on any atom is 0.277 e. The molecule has 0 aromatic heterocycles. The molecule has 0 radical (unpaired) electrons. The Labute approximate surface area is 140 Å². The highest BCUT2D eigenvalue weighted by atomic mass is 35.5. The predicted octanol–water partition coefficient (Wildman–Crippen LogP) is 3.92. The van der Waals surface area contributed by atoms with Crippen molar-refractivity contribution in [2.75, 3.05) is 6.61 Å². The summed E-state index contributed by atoms with van der Waals surface area (Å²) in [4.78, 5) is 11.6. The lowest BCUT2D eigenvalue weighted by molar-refractivity contribution is -0.123. The Morgan fingerprint density at radius 2 is 1.87 bits per heavy atom.